The van der Waals surface area contributed by atoms with E-state index in [4.69, 9.17) is 0 Å². The van der Waals surface area contributed by atoms with E-state index in [9.17, 15) is 9.59 Å². The largest absolute Gasteiger partial charge is 0.342 e. The Hall–Kier alpha value is -2.73. The van der Waals surface area contributed by atoms with E-state index >= 15 is 0 Å². The number of likely N-dealkylation sites (tertiary alicyclic amines) is 1. The van der Waals surface area contributed by atoms with Crippen molar-refractivity contribution < 1.29 is 9.59 Å². The number of amides is 2. The smallest absolute Gasteiger partial charge is 0.231 e. The highest BCUT2D eigenvalue weighted by Crippen LogP contribution is 2.29. The number of nitrogens with zero attached hydrogens (tertiary/aromatic N) is 2. The van der Waals surface area contributed by atoms with Gasteiger partial charge in [-0.05, 0) is 30.5 Å². The van der Waals surface area contributed by atoms with Crippen LogP contribution < -0.4 is 5.32 Å². The fraction of sp³-hybridized carbons (Fsp3) is 0.286. The Morgan fingerprint density at radius 1 is 1.22 bits per heavy atom. The fourth-order valence-corrected chi connectivity index (χ4v) is 4.37. The molecule has 4 rings (SSSR count). The molecule has 1 saturated heterocycles. The molecular formula is C21H21N3O2S. The zero-order chi connectivity index (χ0) is 18.8. The van der Waals surface area contributed by atoms with Crippen molar-refractivity contribution in [2.75, 3.05) is 18.4 Å². The van der Waals surface area contributed by atoms with Gasteiger partial charge in [0.2, 0.25) is 11.8 Å². The van der Waals surface area contributed by atoms with E-state index in [1.165, 1.54) is 16.9 Å². The second-order valence-corrected chi connectivity index (χ2v) is 7.94. The van der Waals surface area contributed by atoms with Crippen LogP contribution in [0.25, 0.3) is 10.2 Å². The van der Waals surface area contributed by atoms with Crippen molar-refractivity contribution >= 4 is 38.5 Å². The monoisotopic (exact) mass is 379 g/mol. The van der Waals surface area contributed by atoms with Crippen molar-refractivity contribution in [2.24, 2.45) is 5.92 Å². The van der Waals surface area contributed by atoms with Crippen LogP contribution in [0.15, 0.2) is 48.5 Å². The summed E-state index contributed by atoms with van der Waals surface area (Å²) in [6.07, 6.45) is 1.07. The van der Waals surface area contributed by atoms with Crippen molar-refractivity contribution in [3.8, 4) is 0 Å². The molecule has 1 aliphatic heterocycles. The summed E-state index contributed by atoms with van der Waals surface area (Å²) >= 11 is 1.47. The van der Waals surface area contributed by atoms with Crippen LogP contribution in [0.4, 0.5) is 5.13 Å². The molecule has 2 amide bonds. The zero-order valence-corrected chi connectivity index (χ0v) is 16.0. The van der Waals surface area contributed by atoms with Crippen LogP contribution in [0.2, 0.25) is 0 Å². The number of fused-ring (bicyclic) bond motifs is 1. The van der Waals surface area contributed by atoms with Crippen LogP contribution in [0.1, 0.15) is 17.5 Å². The highest BCUT2D eigenvalue weighted by atomic mass is 32.1. The van der Waals surface area contributed by atoms with Gasteiger partial charge in [0, 0.05) is 19.5 Å². The second-order valence-electron chi connectivity index (χ2n) is 6.91. The molecule has 1 fully saturated rings. The number of para-hydroxylation sites is 1. The molecule has 6 heteroatoms. The first-order valence-electron chi connectivity index (χ1n) is 9.09. The summed E-state index contributed by atoms with van der Waals surface area (Å²) in [7, 11) is 0. The molecule has 0 unspecified atom stereocenters. The molecule has 2 aromatic carbocycles. The molecule has 2 heterocycles. The molecule has 1 aromatic heterocycles. The lowest BCUT2D eigenvalue weighted by Crippen LogP contribution is -2.30. The summed E-state index contributed by atoms with van der Waals surface area (Å²) < 4.78 is 1.05. The third-order valence-corrected chi connectivity index (χ3v) is 5.89. The fourth-order valence-electron chi connectivity index (χ4n) is 3.42. The predicted molar refractivity (Wildman–Crippen MR) is 108 cm³/mol. The predicted octanol–water partition coefficient (Wildman–Crippen LogP) is 3.63. The minimum atomic E-state index is -0.318. The van der Waals surface area contributed by atoms with E-state index in [-0.39, 0.29) is 24.2 Å². The van der Waals surface area contributed by atoms with Gasteiger partial charge in [0.1, 0.15) is 0 Å². The van der Waals surface area contributed by atoms with Crippen LogP contribution in [0, 0.1) is 12.8 Å². The molecule has 27 heavy (non-hydrogen) atoms. The van der Waals surface area contributed by atoms with Crippen LogP contribution in [0.3, 0.4) is 0 Å². The number of rotatable bonds is 5. The molecule has 5 nitrogen and oxygen atoms in total. The number of aromatic nitrogens is 1. The van der Waals surface area contributed by atoms with E-state index in [1.807, 2.05) is 43.3 Å². The molecule has 3 aromatic rings. The Bertz CT molecular complexity index is 984. The molecule has 1 atom stereocenters. The van der Waals surface area contributed by atoms with Gasteiger partial charge < -0.3 is 10.2 Å². The van der Waals surface area contributed by atoms with Crippen molar-refractivity contribution in [3.63, 3.8) is 0 Å². The molecule has 0 radical (unpaired) electrons. The maximum absolute atomic E-state index is 12.6. The maximum atomic E-state index is 12.6. The van der Waals surface area contributed by atoms with Crippen LogP contribution in [-0.4, -0.2) is 34.8 Å². The average Bonchev–Trinajstić information content (AvgIpc) is 3.25. The van der Waals surface area contributed by atoms with Gasteiger partial charge in [-0.1, -0.05) is 53.8 Å². The molecule has 1 aliphatic rings. The summed E-state index contributed by atoms with van der Waals surface area (Å²) in [5.41, 5.74) is 3.21. The summed E-state index contributed by atoms with van der Waals surface area (Å²) in [5.74, 6) is -0.394. The number of anilines is 1. The number of carbonyl (C=O) groups excluding carboxylic acids is 2. The van der Waals surface area contributed by atoms with E-state index in [0.717, 1.165) is 22.2 Å². The number of nitrogens with one attached hydrogen (secondary N) is 1. The number of hydrogen-bond acceptors (Lipinski definition) is 4. The summed E-state index contributed by atoms with van der Waals surface area (Å²) in [4.78, 5) is 31.2. The van der Waals surface area contributed by atoms with E-state index in [0.29, 0.717) is 18.2 Å². The van der Waals surface area contributed by atoms with Crippen molar-refractivity contribution in [2.45, 2.75) is 19.8 Å². The molecular weight excluding hydrogens is 358 g/mol. The zero-order valence-electron chi connectivity index (χ0n) is 15.1. The van der Waals surface area contributed by atoms with Crippen molar-refractivity contribution in [1.29, 1.82) is 0 Å². The Balaban J connectivity index is 1.37. The number of hydrogen-bond donors (Lipinski definition) is 1. The lowest BCUT2D eigenvalue weighted by atomic mass is 10.1. The third-order valence-electron chi connectivity index (χ3n) is 4.95. The Labute approximate surface area is 162 Å². The molecule has 1 N–H and O–H groups in total. The van der Waals surface area contributed by atoms with E-state index in [1.54, 1.807) is 4.90 Å². The van der Waals surface area contributed by atoms with Gasteiger partial charge in [-0.3, -0.25) is 9.59 Å². The van der Waals surface area contributed by atoms with E-state index in [2.05, 4.69) is 22.4 Å². The Morgan fingerprint density at radius 3 is 2.81 bits per heavy atom. The average molecular weight is 379 g/mol. The molecule has 0 spiro atoms. The minimum Gasteiger partial charge on any atom is -0.342 e. The summed E-state index contributed by atoms with van der Waals surface area (Å²) in [6, 6.07) is 16.1. The Morgan fingerprint density at radius 2 is 2.04 bits per heavy atom. The lowest BCUT2D eigenvalue weighted by Gasteiger charge is -2.16. The van der Waals surface area contributed by atoms with Gasteiger partial charge in [0.25, 0.3) is 0 Å². The number of aryl methyl sites for hydroxylation is 1. The van der Waals surface area contributed by atoms with Crippen LogP contribution in [0.5, 0.6) is 0 Å². The van der Waals surface area contributed by atoms with Crippen molar-refractivity contribution in [1.82, 2.24) is 9.88 Å². The van der Waals surface area contributed by atoms with Gasteiger partial charge in [0.15, 0.2) is 5.13 Å². The van der Waals surface area contributed by atoms with Crippen LogP contribution in [-0.2, 0) is 16.0 Å². The number of thiazole rings is 1. The highest BCUT2D eigenvalue weighted by Gasteiger charge is 2.34. The van der Waals surface area contributed by atoms with Gasteiger partial charge in [0.05, 0.1) is 16.1 Å². The SMILES string of the molecule is Cc1cccc2sc(NC(=O)[C@H]3CC(=O)N(CCc4ccccc4)C3)nc12. The topological polar surface area (TPSA) is 62.3 Å². The first-order valence-corrected chi connectivity index (χ1v) is 9.90. The summed E-state index contributed by atoms with van der Waals surface area (Å²) in [6.45, 7) is 3.13. The quantitative estimate of drug-likeness (QED) is 0.736. The first kappa shape index (κ1) is 17.7. The second kappa shape index (κ2) is 7.48. The lowest BCUT2D eigenvalue weighted by molar-refractivity contribution is -0.128. The normalized spacial score (nSPS) is 16.9. The highest BCUT2D eigenvalue weighted by molar-refractivity contribution is 7.22. The van der Waals surface area contributed by atoms with E-state index < -0.39 is 0 Å². The summed E-state index contributed by atoms with van der Waals surface area (Å²) in [5, 5.41) is 3.50. The Kier molecular flexibility index (Phi) is 4.90. The number of carbonyl (C=O) groups is 2. The maximum Gasteiger partial charge on any atom is 0.231 e. The molecule has 0 bridgehead atoms. The van der Waals surface area contributed by atoms with Crippen molar-refractivity contribution in [3.05, 3.63) is 59.7 Å². The molecule has 0 saturated carbocycles. The van der Waals surface area contributed by atoms with Gasteiger partial charge in [-0.25, -0.2) is 4.98 Å². The van der Waals surface area contributed by atoms with Gasteiger partial charge >= 0.3 is 0 Å². The van der Waals surface area contributed by atoms with Gasteiger partial charge in [-0.2, -0.15) is 0 Å². The van der Waals surface area contributed by atoms with Crippen LogP contribution >= 0.6 is 11.3 Å². The third kappa shape index (κ3) is 3.85. The molecule has 138 valence electrons. The first-order chi connectivity index (χ1) is 13.1. The minimum absolute atomic E-state index is 0.0474. The molecule has 0 aliphatic carbocycles. The standard InChI is InChI=1S/C21H21N3O2S/c1-14-6-5-9-17-19(14)22-21(27-17)23-20(26)16-12-18(25)24(13-16)11-10-15-7-3-2-4-8-15/h2-9,16H,10-13H2,1H3,(H,22,23,26)/t16-/m0/s1. The number of benzene rings is 2. The van der Waals surface area contributed by atoms with Gasteiger partial charge in [-0.15, -0.1) is 0 Å².